The third-order valence-corrected chi connectivity index (χ3v) is 3.12. The molecule has 1 rings (SSSR count). The van der Waals surface area contributed by atoms with Gasteiger partial charge in [-0.1, -0.05) is 17.7 Å². The van der Waals surface area contributed by atoms with Gasteiger partial charge in [0.15, 0.2) is 0 Å². The summed E-state index contributed by atoms with van der Waals surface area (Å²) in [6.07, 6.45) is 0.260. The van der Waals surface area contributed by atoms with Gasteiger partial charge in [0.05, 0.1) is 10.8 Å². The van der Waals surface area contributed by atoms with Crippen molar-refractivity contribution in [1.29, 1.82) is 0 Å². The van der Waals surface area contributed by atoms with E-state index in [1.807, 2.05) is 0 Å². The van der Waals surface area contributed by atoms with Crippen LogP contribution in [0.4, 0.5) is 0 Å². The molecule has 0 aliphatic rings. The van der Waals surface area contributed by atoms with Crippen molar-refractivity contribution in [1.82, 2.24) is 0 Å². The fraction of sp³-hybridized carbons (Fsp3) is 0.250. The first-order valence-electron chi connectivity index (χ1n) is 3.78. The van der Waals surface area contributed by atoms with Gasteiger partial charge in [-0.2, -0.15) is 0 Å². The molecule has 0 bridgehead atoms. The Morgan fingerprint density at radius 1 is 1.36 bits per heavy atom. The standard InChI is InChI=1S/C8H8Cl2O3S/c9-7-2-1-6(5-8(7)11)3-4-14(10,12)13/h1-2,5,11H,3-4H2. The van der Waals surface area contributed by atoms with Crippen LogP contribution < -0.4 is 0 Å². The third-order valence-electron chi connectivity index (χ3n) is 1.65. The smallest absolute Gasteiger partial charge is 0.232 e. The summed E-state index contributed by atoms with van der Waals surface area (Å²) in [5, 5.41) is 9.45. The molecule has 0 saturated carbocycles. The molecular formula is C8H8Cl2O3S. The Labute approximate surface area is 91.7 Å². The Hall–Kier alpha value is -0.450. The van der Waals surface area contributed by atoms with E-state index in [4.69, 9.17) is 22.3 Å². The van der Waals surface area contributed by atoms with E-state index in [1.165, 1.54) is 12.1 Å². The van der Waals surface area contributed by atoms with Crippen LogP contribution >= 0.6 is 22.3 Å². The van der Waals surface area contributed by atoms with Gasteiger partial charge in [-0.25, -0.2) is 8.42 Å². The van der Waals surface area contributed by atoms with E-state index in [0.717, 1.165) is 0 Å². The van der Waals surface area contributed by atoms with E-state index in [0.29, 0.717) is 5.56 Å². The highest BCUT2D eigenvalue weighted by Gasteiger charge is 2.06. The zero-order valence-corrected chi connectivity index (χ0v) is 9.40. The van der Waals surface area contributed by atoms with Gasteiger partial charge in [0.2, 0.25) is 9.05 Å². The van der Waals surface area contributed by atoms with Crippen LogP contribution in [0.15, 0.2) is 18.2 Å². The predicted molar refractivity (Wildman–Crippen MR) is 56.5 cm³/mol. The van der Waals surface area contributed by atoms with Crippen LogP contribution in [0.2, 0.25) is 5.02 Å². The maximum atomic E-state index is 10.6. The zero-order valence-electron chi connectivity index (χ0n) is 7.07. The highest BCUT2D eigenvalue weighted by Crippen LogP contribution is 2.24. The number of aromatic hydroxyl groups is 1. The summed E-state index contributed by atoms with van der Waals surface area (Å²) >= 11 is 5.58. The van der Waals surface area contributed by atoms with Crippen LogP contribution in [0.5, 0.6) is 5.75 Å². The number of phenols is 1. The lowest BCUT2D eigenvalue weighted by Gasteiger charge is -2.01. The SMILES string of the molecule is O=S(=O)(Cl)CCc1ccc(Cl)c(O)c1. The molecule has 0 saturated heterocycles. The van der Waals surface area contributed by atoms with Crippen molar-refractivity contribution >= 4 is 31.3 Å². The largest absolute Gasteiger partial charge is 0.506 e. The number of benzene rings is 1. The molecule has 0 atom stereocenters. The number of phenolic OH excluding ortho intramolecular Hbond substituents is 1. The molecule has 1 N–H and O–H groups in total. The minimum atomic E-state index is -3.49. The molecular weight excluding hydrogens is 247 g/mol. The normalized spacial score (nSPS) is 11.6. The summed E-state index contributed by atoms with van der Waals surface area (Å²) in [7, 11) is 1.55. The summed E-state index contributed by atoms with van der Waals surface area (Å²) in [5.41, 5.74) is 0.677. The molecule has 0 spiro atoms. The van der Waals surface area contributed by atoms with E-state index >= 15 is 0 Å². The summed E-state index contributed by atoms with van der Waals surface area (Å²) in [4.78, 5) is 0. The fourth-order valence-electron chi connectivity index (χ4n) is 0.954. The topological polar surface area (TPSA) is 54.4 Å². The molecule has 6 heteroatoms. The van der Waals surface area contributed by atoms with Gasteiger partial charge in [-0.15, -0.1) is 0 Å². The molecule has 1 aromatic carbocycles. The molecule has 0 amide bonds. The fourth-order valence-corrected chi connectivity index (χ4v) is 1.78. The maximum absolute atomic E-state index is 10.6. The lowest BCUT2D eigenvalue weighted by Crippen LogP contribution is -2.00. The Morgan fingerprint density at radius 3 is 2.50 bits per heavy atom. The summed E-state index contributed by atoms with van der Waals surface area (Å²) in [6.45, 7) is 0. The third kappa shape index (κ3) is 3.74. The number of aryl methyl sites for hydroxylation is 1. The number of hydrogen-bond acceptors (Lipinski definition) is 3. The van der Waals surface area contributed by atoms with Crippen LogP contribution in [0.25, 0.3) is 0 Å². The van der Waals surface area contributed by atoms with E-state index < -0.39 is 9.05 Å². The average Bonchev–Trinajstić information content (AvgIpc) is 2.06. The number of halogens is 2. The first kappa shape index (κ1) is 11.6. The first-order chi connectivity index (χ1) is 6.38. The number of rotatable bonds is 3. The van der Waals surface area contributed by atoms with Gasteiger partial charge in [0, 0.05) is 10.7 Å². The minimum Gasteiger partial charge on any atom is -0.506 e. The van der Waals surface area contributed by atoms with Gasteiger partial charge in [-0.05, 0) is 24.1 Å². The monoisotopic (exact) mass is 254 g/mol. The van der Waals surface area contributed by atoms with Crippen LogP contribution in [-0.2, 0) is 15.5 Å². The predicted octanol–water partition coefficient (Wildman–Crippen LogP) is 2.16. The Morgan fingerprint density at radius 2 is 2.00 bits per heavy atom. The molecule has 3 nitrogen and oxygen atoms in total. The molecule has 14 heavy (non-hydrogen) atoms. The van der Waals surface area contributed by atoms with Gasteiger partial charge in [-0.3, -0.25) is 0 Å². The van der Waals surface area contributed by atoms with Crippen molar-refractivity contribution in [3.63, 3.8) is 0 Å². The molecule has 78 valence electrons. The molecule has 0 aromatic heterocycles. The minimum absolute atomic E-state index is 0.0591. The lowest BCUT2D eigenvalue weighted by atomic mass is 10.2. The average molecular weight is 255 g/mol. The first-order valence-corrected chi connectivity index (χ1v) is 6.64. The van der Waals surface area contributed by atoms with Crippen molar-refractivity contribution in [2.75, 3.05) is 5.75 Å². The van der Waals surface area contributed by atoms with Crippen LogP contribution in [0.1, 0.15) is 5.56 Å². The van der Waals surface area contributed by atoms with Gasteiger partial charge in [0.25, 0.3) is 0 Å². The van der Waals surface area contributed by atoms with Crippen molar-refractivity contribution < 1.29 is 13.5 Å². The molecule has 0 fully saturated rings. The van der Waals surface area contributed by atoms with E-state index in [1.54, 1.807) is 6.07 Å². The van der Waals surface area contributed by atoms with Crippen molar-refractivity contribution in [3.05, 3.63) is 28.8 Å². The Balaban J connectivity index is 2.74. The van der Waals surface area contributed by atoms with Gasteiger partial charge in [0.1, 0.15) is 5.75 Å². The Bertz CT molecular complexity index is 428. The molecule has 1 aromatic rings. The molecule has 0 unspecified atom stereocenters. The molecule has 0 radical (unpaired) electrons. The van der Waals surface area contributed by atoms with Crippen LogP contribution in [0.3, 0.4) is 0 Å². The Kier molecular flexibility index (Phi) is 3.64. The summed E-state index contributed by atoms with van der Waals surface area (Å²) in [5.74, 6) is -0.216. The van der Waals surface area contributed by atoms with Crippen molar-refractivity contribution in [2.45, 2.75) is 6.42 Å². The number of hydrogen-bond donors (Lipinski definition) is 1. The van der Waals surface area contributed by atoms with Crippen LogP contribution in [0, 0.1) is 0 Å². The van der Waals surface area contributed by atoms with E-state index in [-0.39, 0.29) is 22.9 Å². The molecule has 0 aliphatic heterocycles. The molecule has 0 heterocycles. The van der Waals surface area contributed by atoms with E-state index in [9.17, 15) is 13.5 Å². The molecule has 0 aliphatic carbocycles. The highest BCUT2D eigenvalue weighted by molar-refractivity contribution is 8.13. The van der Waals surface area contributed by atoms with Crippen molar-refractivity contribution in [2.24, 2.45) is 0 Å². The summed E-state index contributed by atoms with van der Waals surface area (Å²) < 4.78 is 21.3. The van der Waals surface area contributed by atoms with Crippen LogP contribution in [-0.4, -0.2) is 19.3 Å². The second kappa shape index (κ2) is 4.38. The second-order valence-corrected chi connectivity index (χ2v) is 6.08. The van der Waals surface area contributed by atoms with E-state index in [2.05, 4.69) is 0 Å². The summed E-state index contributed by atoms with van der Waals surface area (Å²) in [6, 6.07) is 4.57. The highest BCUT2D eigenvalue weighted by atomic mass is 35.7. The zero-order chi connectivity index (χ0) is 10.8. The van der Waals surface area contributed by atoms with Crippen molar-refractivity contribution in [3.8, 4) is 5.75 Å². The lowest BCUT2D eigenvalue weighted by molar-refractivity contribution is 0.475. The quantitative estimate of drug-likeness (QED) is 0.842. The van der Waals surface area contributed by atoms with Gasteiger partial charge >= 0.3 is 0 Å². The van der Waals surface area contributed by atoms with Gasteiger partial charge < -0.3 is 5.11 Å². The maximum Gasteiger partial charge on any atom is 0.232 e. The second-order valence-electron chi connectivity index (χ2n) is 2.78.